The SMILES string of the molecule is C=CC[n+]1c(-c2ccc([N+](=O)[O-])cc2)csc1N. The predicted molar refractivity (Wildman–Crippen MR) is 71.2 cm³/mol. The zero-order chi connectivity index (χ0) is 13.1. The maximum atomic E-state index is 10.6. The first-order valence-corrected chi connectivity index (χ1v) is 6.14. The third kappa shape index (κ3) is 2.23. The number of hydrogen-bond acceptors (Lipinski definition) is 4. The fourth-order valence-electron chi connectivity index (χ4n) is 1.66. The Labute approximate surface area is 108 Å². The first-order valence-electron chi connectivity index (χ1n) is 5.26. The molecule has 0 spiro atoms. The van der Waals surface area contributed by atoms with Crippen LogP contribution < -0.4 is 10.3 Å². The van der Waals surface area contributed by atoms with Crippen molar-refractivity contribution in [1.29, 1.82) is 0 Å². The Morgan fingerprint density at radius 3 is 2.67 bits per heavy atom. The summed E-state index contributed by atoms with van der Waals surface area (Å²) in [5.41, 5.74) is 7.78. The Kier molecular flexibility index (Phi) is 3.38. The highest BCUT2D eigenvalue weighted by molar-refractivity contribution is 7.13. The number of nitrogens with two attached hydrogens (primary N) is 1. The highest BCUT2D eigenvalue weighted by Crippen LogP contribution is 2.23. The number of non-ortho nitro benzene ring substituents is 1. The largest absolute Gasteiger partial charge is 0.332 e. The number of allylic oxidation sites excluding steroid dienone is 1. The van der Waals surface area contributed by atoms with E-state index in [1.54, 1.807) is 18.2 Å². The van der Waals surface area contributed by atoms with Gasteiger partial charge in [-0.05, 0) is 12.1 Å². The topological polar surface area (TPSA) is 73.0 Å². The van der Waals surface area contributed by atoms with Gasteiger partial charge < -0.3 is 0 Å². The standard InChI is InChI=1S/C12H11N3O2S/c1-2-7-14-11(8-18-12(14)13)9-3-5-10(6-4-9)15(16)17/h2-6,8,13H,1,7H2/p+1. The number of rotatable bonds is 4. The number of nitrogen functional groups attached to an aromatic ring is 1. The van der Waals surface area contributed by atoms with Crippen molar-refractivity contribution in [3.8, 4) is 11.3 Å². The molecule has 18 heavy (non-hydrogen) atoms. The summed E-state index contributed by atoms with van der Waals surface area (Å²) in [6.07, 6.45) is 1.76. The molecular formula is C12H12N3O2S+. The number of thiazole rings is 1. The molecule has 0 saturated carbocycles. The van der Waals surface area contributed by atoms with Crippen LogP contribution in [0.15, 0.2) is 42.3 Å². The average molecular weight is 262 g/mol. The van der Waals surface area contributed by atoms with Crippen molar-refractivity contribution < 1.29 is 9.49 Å². The van der Waals surface area contributed by atoms with E-state index in [-0.39, 0.29) is 5.69 Å². The molecule has 0 atom stereocenters. The number of anilines is 1. The maximum absolute atomic E-state index is 10.6. The van der Waals surface area contributed by atoms with E-state index >= 15 is 0 Å². The molecule has 0 amide bonds. The van der Waals surface area contributed by atoms with Gasteiger partial charge in [-0.1, -0.05) is 24.0 Å². The van der Waals surface area contributed by atoms with E-state index in [1.165, 1.54) is 23.5 Å². The van der Waals surface area contributed by atoms with Gasteiger partial charge in [-0.25, -0.2) is 4.57 Å². The van der Waals surface area contributed by atoms with Crippen LogP contribution in [0.2, 0.25) is 0 Å². The van der Waals surface area contributed by atoms with Gasteiger partial charge in [0.15, 0.2) is 0 Å². The van der Waals surface area contributed by atoms with Gasteiger partial charge in [0.1, 0.15) is 12.2 Å². The molecule has 0 aliphatic carbocycles. The van der Waals surface area contributed by atoms with Crippen molar-refractivity contribution in [3.05, 3.63) is 52.4 Å². The molecule has 0 aliphatic rings. The Hall–Kier alpha value is -2.21. The molecule has 0 unspecified atom stereocenters. The fourth-order valence-corrected chi connectivity index (χ4v) is 2.45. The summed E-state index contributed by atoms with van der Waals surface area (Å²) in [5.74, 6) is 0. The molecule has 2 rings (SSSR count). The van der Waals surface area contributed by atoms with E-state index in [4.69, 9.17) is 5.73 Å². The summed E-state index contributed by atoms with van der Waals surface area (Å²) in [7, 11) is 0. The third-order valence-corrected chi connectivity index (χ3v) is 3.34. The smallest absolute Gasteiger partial charge is 0.278 e. The number of hydrogen-bond donors (Lipinski definition) is 1. The molecule has 2 aromatic rings. The molecule has 0 fully saturated rings. The molecule has 1 aromatic carbocycles. The van der Waals surface area contributed by atoms with Crippen LogP contribution in [0.3, 0.4) is 0 Å². The zero-order valence-electron chi connectivity index (χ0n) is 9.57. The molecule has 1 heterocycles. The molecule has 2 N–H and O–H groups in total. The highest BCUT2D eigenvalue weighted by atomic mass is 32.1. The van der Waals surface area contributed by atoms with Gasteiger partial charge in [0.25, 0.3) is 5.69 Å². The molecule has 0 radical (unpaired) electrons. The molecule has 92 valence electrons. The third-order valence-electron chi connectivity index (χ3n) is 2.53. The fraction of sp³-hybridized carbons (Fsp3) is 0.0833. The van der Waals surface area contributed by atoms with Gasteiger partial charge in [0, 0.05) is 23.1 Å². The van der Waals surface area contributed by atoms with Crippen LogP contribution in [0.1, 0.15) is 0 Å². The predicted octanol–water partition coefficient (Wildman–Crippen LogP) is 2.38. The summed E-state index contributed by atoms with van der Waals surface area (Å²) in [6.45, 7) is 4.30. The second-order valence-corrected chi connectivity index (χ2v) is 4.55. The lowest BCUT2D eigenvalue weighted by molar-refractivity contribution is -0.657. The van der Waals surface area contributed by atoms with Gasteiger partial charge in [-0.2, -0.15) is 0 Å². The summed E-state index contributed by atoms with van der Waals surface area (Å²) in [5, 5.41) is 13.2. The second kappa shape index (κ2) is 4.97. The van der Waals surface area contributed by atoms with E-state index < -0.39 is 4.92 Å². The van der Waals surface area contributed by atoms with Crippen LogP contribution in [0.5, 0.6) is 0 Å². The summed E-state index contributed by atoms with van der Waals surface area (Å²) in [6, 6.07) is 6.42. The number of nitrogens with zero attached hydrogens (tertiary/aromatic N) is 2. The zero-order valence-corrected chi connectivity index (χ0v) is 10.4. The van der Waals surface area contributed by atoms with E-state index in [0.29, 0.717) is 11.7 Å². The van der Waals surface area contributed by atoms with Crippen LogP contribution in [-0.2, 0) is 6.54 Å². The number of nitro benzene ring substituents is 1. The lowest BCUT2D eigenvalue weighted by atomic mass is 10.1. The highest BCUT2D eigenvalue weighted by Gasteiger charge is 2.15. The number of benzene rings is 1. The van der Waals surface area contributed by atoms with Crippen molar-refractivity contribution in [3.63, 3.8) is 0 Å². The molecule has 5 nitrogen and oxygen atoms in total. The van der Waals surface area contributed by atoms with Gasteiger partial charge in [-0.3, -0.25) is 15.8 Å². The lowest BCUT2D eigenvalue weighted by Crippen LogP contribution is -2.35. The van der Waals surface area contributed by atoms with E-state index in [1.807, 2.05) is 9.95 Å². The van der Waals surface area contributed by atoms with Crippen LogP contribution in [-0.4, -0.2) is 4.92 Å². The van der Waals surface area contributed by atoms with Gasteiger partial charge >= 0.3 is 5.13 Å². The normalized spacial score (nSPS) is 10.2. The van der Waals surface area contributed by atoms with E-state index in [9.17, 15) is 10.1 Å². The van der Waals surface area contributed by atoms with Gasteiger partial charge in [0.05, 0.1) is 4.92 Å². The quantitative estimate of drug-likeness (QED) is 0.398. The van der Waals surface area contributed by atoms with Crippen LogP contribution >= 0.6 is 11.3 Å². The summed E-state index contributed by atoms with van der Waals surface area (Å²) < 4.78 is 1.92. The Balaban J connectivity index is 2.42. The molecular weight excluding hydrogens is 250 g/mol. The maximum Gasteiger partial charge on any atom is 0.332 e. The second-order valence-electron chi connectivity index (χ2n) is 3.66. The summed E-state index contributed by atoms with van der Waals surface area (Å²) in [4.78, 5) is 10.2. The Morgan fingerprint density at radius 1 is 1.44 bits per heavy atom. The van der Waals surface area contributed by atoms with Crippen LogP contribution in [0.25, 0.3) is 11.3 Å². The van der Waals surface area contributed by atoms with E-state index in [0.717, 1.165) is 11.3 Å². The monoisotopic (exact) mass is 262 g/mol. The Bertz CT molecular complexity index is 590. The minimum absolute atomic E-state index is 0.0808. The van der Waals surface area contributed by atoms with Gasteiger partial charge in [0.2, 0.25) is 0 Å². The molecule has 1 aromatic heterocycles. The first kappa shape index (κ1) is 12.3. The molecule has 0 saturated heterocycles. The number of aromatic nitrogens is 1. The minimum atomic E-state index is -0.413. The van der Waals surface area contributed by atoms with Gasteiger partial charge in [-0.15, -0.1) is 0 Å². The minimum Gasteiger partial charge on any atom is -0.278 e. The van der Waals surface area contributed by atoms with Crippen molar-refractivity contribution in [1.82, 2.24) is 0 Å². The molecule has 6 heteroatoms. The van der Waals surface area contributed by atoms with E-state index in [2.05, 4.69) is 6.58 Å². The van der Waals surface area contributed by atoms with Crippen molar-refractivity contribution >= 4 is 22.2 Å². The molecule has 0 bridgehead atoms. The molecule has 0 aliphatic heterocycles. The van der Waals surface area contributed by atoms with Crippen LogP contribution in [0, 0.1) is 10.1 Å². The lowest BCUT2D eigenvalue weighted by Gasteiger charge is -2.01. The Morgan fingerprint density at radius 2 is 2.11 bits per heavy atom. The van der Waals surface area contributed by atoms with Crippen molar-refractivity contribution in [2.75, 3.05) is 5.73 Å². The average Bonchev–Trinajstić information content (AvgIpc) is 2.72. The number of nitro groups is 1. The summed E-state index contributed by atoms with van der Waals surface area (Å²) >= 11 is 1.44. The van der Waals surface area contributed by atoms with Crippen molar-refractivity contribution in [2.45, 2.75) is 6.54 Å². The first-order chi connectivity index (χ1) is 8.63. The van der Waals surface area contributed by atoms with Crippen LogP contribution in [0.4, 0.5) is 10.8 Å². The van der Waals surface area contributed by atoms with Crippen molar-refractivity contribution in [2.24, 2.45) is 0 Å².